The van der Waals surface area contributed by atoms with Gasteiger partial charge in [0.05, 0.1) is 44.6 Å². The Morgan fingerprint density at radius 3 is 1.30 bits per heavy atom. The van der Waals surface area contributed by atoms with E-state index in [1.54, 1.807) is 0 Å². The van der Waals surface area contributed by atoms with E-state index in [-0.39, 0.29) is 16.8 Å². The van der Waals surface area contributed by atoms with E-state index in [0.717, 1.165) is 90.2 Å². The maximum absolute atomic E-state index is 15.7. The van der Waals surface area contributed by atoms with Gasteiger partial charge < -0.3 is 9.13 Å². The smallest absolute Gasteiger partial charge is 0.307 e. The topological polar surface area (TPSA) is 9.86 Å². The van der Waals surface area contributed by atoms with E-state index in [9.17, 15) is 13.2 Å². The SMILES string of the molecule is Cc1ccccc1-c1ccc2c3ccccc3n(-c3cc(-c4cccc(C(F)(F)F)c4)c(C(F)(F)F)cc3-n3c4ccccc4c4ccc(-c5ccccc5C)cc43)c2c1. The van der Waals surface area contributed by atoms with Gasteiger partial charge >= 0.3 is 12.4 Å². The Labute approximate surface area is 341 Å². The quantitative estimate of drug-likeness (QED) is 0.153. The van der Waals surface area contributed by atoms with Gasteiger partial charge in [0.1, 0.15) is 0 Å². The lowest BCUT2D eigenvalue weighted by Crippen LogP contribution is -2.12. The van der Waals surface area contributed by atoms with E-state index < -0.39 is 23.5 Å². The number of hydrogen-bond donors (Lipinski definition) is 0. The predicted octanol–water partition coefficient (Wildman–Crippen LogP) is 15.5. The van der Waals surface area contributed by atoms with Crippen molar-refractivity contribution in [1.82, 2.24) is 9.13 Å². The second kappa shape index (κ2) is 13.8. The molecular weight excluding hydrogens is 767 g/mol. The maximum Gasteiger partial charge on any atom is 0.417 e. The van der Waals surface area contributed by atoms with Crippen LogP contribution in [0, 0.1) is 13.8 Å². The van der Waals surface area contributed by atoms with Gasteiger partial charge in [-0.2, -0.15) is 26.3 Å². The average Bonchev–Trinajstić information content (AvgIpc) is 3.75. The van der Waals surface area contributed by atoms with Gasteiger partial charge in [0, 0.05) is 21.5 Å². The van der Waals surface area contributed by atoms with Gasteiger partial charge in [-0.25, -0.2) is 0 Å². The second-order valence-electron chi connectivity index (χ2n) is 15.3. The van der Waals surface area contributed by atoms with Crippen LogP contribution in [-0.2, 0) is 12.4 Å². The van der Waals surface area contributed by atoms with E-state index >= 15 is 13.2 Å². The molecule has 0 bridgehead atoms. The zero-order valence-electron chi connectivity index (χ0n) is 32.3. The number of rotatable bonds is 5. The summed E-state index contributed by atoms with van der Waals surface area (Å²) >= 11 is 0. The van der Waals surface area contributed by atoms with Crippen LogP contribution in [0.1, 0.15) is 22.3 Å². The van der Waals surface area contributed by atoms with Crippen LogP contribution in [0.15, 0.2) is 170 Å². The van der Waals surface area contributed by atoms with Crippen molar-refractivity contribution in [3.8, 4) is 44.8 Å². The molecule has 0 saturated heterocycles. The molecule has 0 amide bonds. The molecule has 8 heteroatoms. The van der Waals surface area contributed by atoms with E-state index in [2.05, 4.69) is 0 Å². The lowest BCUT2D eigenvalue weighted by molar-refractivity contribution is -0.137. The standard InChI is InChI=1S/C52H34F6N2/c1-31-12-3-5-16-37(31)34-22-24-41-39-18-7-9-20-45(39)59(47(41)27-34)49-29-43(33-14-11-15-36(26-33)51(53,54)55)44(52(56,57)58)30-50(49)60-46-21-10-8-19-40(46)42-25-23-35(28-48(42)60)38-17-6-4-13-32(38)2/h3-30H,1-2H3. The molecule has 0 spiro atoms. The molecule has 2 aromatic heterocycles. The Bertz CT molecular complexity index is 3330. The number of para-hydroxylation sites is 2. The van der Waals surface area contributed by atoms with Crippen LogP contribution in [0.2, 0.25) is 0 Å². The van der Waals surface area contributed by atoms with Crippen molar-refractivity contribution < 1.29 is 26.3 Å². The van der Waals surface area contributed by atoms with Gasteiger partial charge in [-0.1, -0.05) is 121 Å². The van der Waals surface area contributed by atoms with Gasteiger partial charge in [-0.3, -0.25) is 0 Å². The van der Waals surface area contributed by atoms with Crippen LogP contribution in [0.5, 0.6) is 0 Å². The molecule has 0 aliphatic rings. The Balaban J connectivity index is 1.39. The van der Waals surface area contributed by atoms with E-state index in [4.69, 9.17) is 0 Å². The fourth-order valence-corrected chi connectivity index (χ4v) is 8.86. The third-order valence-electron chi connectivity index (χ3n) is 11.7. The van der Waals surface area contributed by atoms with Crippen molar-refractivity contribution >= 4 is 43.6 Å². The summed E-state index contributed by atoms with van der Waals surface area (Å²) in [5.74, 6) is 0. The molecule has 0 N–H and O–H groups in total. The second-order valence-corrected chi connectivity index (χ2v) is 15.3. The van der Waals surface area contributed by atoms with Crippen molar-refractivity contribution in [2.24, 2.45) is 0 Å². The highest BCUT2D eigenvalue weighted by atomic mass is 19.4. The predicted molar refractivity (Wildman–Crippen MR) is 231 cm³/mol. The number of aryl methyl sites for hydroxylation is 2. The third kappa shape index (κ3) is 6.05. The summed E-state index contributed by atoms with van der Waals surface area (Å²) in [6.45, 7) is 4.04. The Hall–Kier alpha value is -7.06. The Kier molecular flexibility index (Phi) is 8.54. The van der Waals surface area contributed by atoms with Gasteiger partial charge in [-0.15, -0.1) is 0 Å². The summed E-state index contributed by atoms with van der Waals surface area (Å²) in [5.41, 5.74) is 6.63. The van der Waals surface area contributed by atoms with Crippen LogP contribution in [-0.4, -0.2) is 9.13 Å². The molecule has 0 saturated carbocycles. The molecule has 0 aliphatic heterocycles. The molecular formula is C52H34F6N2. The lowest BCUT2D eigenvalue weighted by Gasteiger charge is -2.22. The molecule has 2 heterocycles. The van der Waals surface area contributed by atoms with Crippen molar-refractivity contribution in [3.63, 3.8) is 0 Å². The Morgan fingerprint density at radius 1 is 0.350 bits per heavy atom. The van der Waals surface area contributed by atoms with Gasteiger partial charge in [0.15, 0.2) is 0 Å². The first-order chi connectivity index (χ1) is 28.9. The van der Waals surface area contributed by atoms with Gasteiger partial charge in [0.2, 0.25) is 0 Å². The van der Waals surface area contributed by atoms with Crippen molar-refractivity contribution in [2.75, 3.05) is 0 Å². The molecule has 0 aliphatic carbocycles. The van der Waals surface area contributed by atoms with Crippen molar-refractivity contribution in [3.05, 3.63) is 192 Å². The molecule has 8 aromatic carbocycles. The van der Waals surface area contributed by atoms with E-state index in [0.29, 0.717) is 16.7 Å². The minimum absolute atomic E-state index is 0.199. The fraction of sp³-hybridized carbons (Fsp3) is 0.0769. The molecule has 0 unspecified atom stereocenters. The first-order valence-electron chi connectivity index (χ1n) is 19.5. The molecule has 60 heavy (non-hydrogen) atoms. The molecule has 0 radical (unpaired) electrons. The maximum atomic E-state index is 15.7. The molecule has 294 valence electrons. The summed E-state index contributed by atoms with van der Waals surface area (Å²) in [7, 11) is 0. The average molecular weight is 801 g/mol. The summed E-state index contributed by atoms with van der Waals surface area (Å²) in [4.78, 5) is 0. The monoisotopic (exact) mass is 800 g/mol. The molecule has 0 atom stereocenters. The number of nitrogens with zero attached hydrogens (tertiary/aromatic N) is 2. The third-order valence-corrected chi connectivity index (χ3v) is 11.7. The summed E-state index contributed by atoms with van der Waals surface area (Å²) < 4.78 is 93.4. The lowest BCUT2D eigenvalue weighted by atomic mass is 9.95. The zero-order chi connectivity index (χ0) is 41.5. The minimum atomic E-state index is -4.94. The molecule has 10 aromatic rings. The van der Waals surface area contributed by atoms with Crippen molar-refractivity contribution in [1.29, 1.82) is 0 Å². The molecule has 0 fully saturated rings. The highest BCUT2D eigenvalue weighted by Gasteiger charge is 2.37. The summed E-state index contributed by atoms with van der Waals surface area (Å²) in [6, 6.07) is 50.1. The highest BCUT2D eigenvalue weighted by molar-refractivity contribution is 6.13. The highest BCUT2D eigenvalue weighted by Crippen LogP contribution is 2.46. The largest absolute Gasteiger partial charge is 0.417 e. The van der Waals surface area contributed by atoms with Crippen LogP contribution >= 0.6 is 0 Å². The number of halogens is 6. The molecule has 2 nitrogen and oxygen atoms in total. The van der Waals surface area contributed by atoms with Crippen LogP contribution in [0.4, 0.5) is 26.3 Å². The van der Waals surface area contributed by atoms with Gasteiger partial charge in [0.25, 0.3) is 0 Å². The number of hydrogen-bond acceptors (Lipinski definition) is 0. The van der Waals surface area contributed by atoms with Crippen LogP contribution in [0.25, 0.3) is 88.4 Å². The molecule has 10 rings (SSSR count). The first kappa shape index (κ1) is 37.2. The van der Waals surface area contributed by atoms with E-state index in [1.807, 2.05) is 156 Å². The minimum Gasteiger partial charge on any atom is -0.307 e. The van der Waals surface area contributed by atoms with E-state index in [1.165, 1.54) is 12.1 Å². The zero-order valence-corrected chi connectivity index (χ0v) is 32.3. The Morgan fingerprint density at radius 2 is 0.800 bits per heavy atom. The van der Waals surface area contributed by atoms with Crippen LogP contribution < -0.4 is 0 Å². The number of alkyl halides is 6. The number of aromatic nitrogens is 2. The summed E-state index contributed by atoms with van der Waals surface area (Å²) in [5, 5.41) is 3.43. The van der Waals surface area contributed by atoms with Crippen LogP contribution in [0.3, 0.4) is 0 Å². The number of benzene rings is 8. The number of fused-ring (bicyclic) bond motifs is 6. The summed E-state index contributed by atoms with van der Waals surface area (Å²) in [6.07, 6.45) is -9.71. The first-order valence-corrected chi connectivity index (χ1v) is 19.5. The fourth-order valence-electron chi connectivity index (χ4n) is 8.86. The normalized spacial score (nSPS) is 12.3. The van der Waals surface area contributed by atoms with Crippen molar-refractivity contribution in [2.45, 2.75) is 26.2 Å². The van der Waals surface area contributed by atoms with Gasteiger partial charge in [-0.05, 0) is 107 Å².